The van der Waals surface area contributed by atoms with Gasteiger partial charge in [0, 0.05) is 19.5 Å². The first kappa shape index (κ1) is 17.0. The van der Waals surface area contributed by atoms with Crippen molar-refractivity contribution in [3.8, 4) is 0 Å². The Hall–Kier alpha value is -1.35. The summed E-state index contributed by atoms with van der Waals surface area (Å²) in [4.78, 5) is 14.3. The second-order valence-electron chi connectivity index (χ2n) is 7.50. The average molecular weight is 302 g/mol. The number of nitrogens with zero attached hydrogens (tertiary/aromatic N) is 1. The molecular formula is C19H30N2O. The maximum absolute atomic E-state index is 12.3. The molecule has 1 heterocycles. The SMILES string of the molecule is CNCC1CCN(C(=O)CCc2ccc(C(C)(C)C)cc2)C1. The van der Waals surface area contributed by atoms with E-state index in [1.54, 1.807) is 0 Å². The second kappa shape index (κ2) is 7.28. The largest absolute Gasteiger partial charge is 0.342 e. The lowest BCUT2D eigenvalue weighted by atomic mass is 9.86. The van der Waals surface area contributed by atoms with Gasteiger partial charge in [-0.15, -0.1) is 0 Å². The van der Waals surface area contributed by atoms with E-state index in [-0.39, 0.29) is 5.41 Å². The predicted octanol–water partition coefficient (Wildman–Crippen LogP) is 2.98. The number of hydrogen-bond donors (Lipinski definition) is 1. The monoisotopic (exact) mass is 302 g/mol. The van der Waals surface area contributed by atoms with Gasteiger partial charge in [-0.25, -0.2) is 0 Å². The molecule has 1 aromatic rings. The second-order valence-corrected chi connectivity index (χ2v) is 7.50. The molecule has 0 spiro atoms. The quantitative estimate of drug-likeness (QED) is 0.907. The molecule has 0 aliphatic carbocycles. The number of rotatable bonds is 5. The molecule has 0 saturated carbocycles. The average Bonchev–Trinajstić information content (AvgIpc) is 2.93. The van der Waals surface area contributed by atoms with E-state index in [0.717, 1.165) is 32.5 Å². The van der Waals surface area contributed by atoms with Crippen LogP contribution in [0.2, 0.25) is 0 Å². The van der Waals surface area contributed by atoms with Crippen LogP contribution in [0.25, 0.3) is 0 Å². The number of carbonyl (C=O) groups is 1. The standard InChI is InChI=1S/C19H30N2O/c1-19(2,3)17-8-5-15(6-9-17)7-10-18(22)21-12-11-16(14-21)13-20-4/h5-6,8-9,16,20H,7,10-14H2,1-4H3. The molecule has 1 aliphatic heterocycles. The number of amides is 1. The van der Waals surface area contributed by atoms with Crippen molar-refractivity contribution in [3.05, 3.63) is 35.4 Å². The molecule has 1 N–H and O–H groups in total. The Morgan fingerprint density at radius 2 is 1.95 bits per heavy atom. The first-order valence-electron chi connectivity index (χ1n) is 8.42. The van der Waals surface area contributed by atoms with Crippen LogP contribution in [0.4, 0.5) is 0 Å². The van der Waals surface area contributed by atoms with Gasteiger partial charge in [-0.05, 0) is 48.9 Å². The Morgan fingerprint density at radius 1 is 1.27 bits per heavy atom. The van der Waals surface area contributed by atoms with Crippen LogP contribution < -0.4 is 5.32 Å². The van der Waals surface area contributed by atoms with E-state index in [9.17, 15) is 4.79 Å². The summed E-state index contributed by atoms with van der Waals surface area (Å²) >= 11 is 0. The molecule has 1 aliphatic rings. The van der Waals surface area contributed by atoms with E-state index >= 15 is 0 Å². The smallest absolute Gasteiger partial charge is 0.222 e. The maximum Gasteiger partial charge on any atom is 0.222 e. The molecule has 3 nitrogen and oxygen atoms in total. The third kappa shape index (κ3) is 4.57. The van der Waals surface area contributed by atoms with Gasteiger partial charge in [0.05, 0.1) is 0 Å². The first-order valence-corrected chi connectivity index (χ1v) is 8.42. The van der Waals surface area contributed by atoms with Crippen molar-refractivity contribution in [1.82, 2.24) is 10.2 Å². The number of hydrogen-bond acceptors (Lipinski definition) is 2. The van der Waals surface area contributed by atoms with E-state index in [1.807, 2.05) is 11.9 Å². The predicted molar refractivity (Wildman–Crippen MR) is 92.1 cm³/mol. The number of likely N-dealkylation sites (tertiary alicyclic amines) is 1. The summed E-state index contributed by atoms with van der Waals surface area (Å²) in [6.07, 6.45) is 2.60. The Morgan fingerprint density at radius 3 is 2.55 bits per heavy atom. The fourth-order valence-corrected chi connectivity index (χ4v) is 3.10. The zero-order chi connectivity index (χ0) is 16.2. The van der Waals surface area contributed by atoms with Crippen molar-refractivity contribution < 1.29 is 4.79 Å². The van der Waals surface area contributed by atoms with Crippen LogP contribution in [0.1, 0.15) is 44.7 Å². The Balaban J connectivity index is 1.82. The highest BCUT2D eigenvalue weighted by molar-refractivity contribution is 5.76. The third-order valence-corrected chi connectivity index (χ3v) is 4.58. The Kier molecular flexibility index (Phi) is 5.63. The van der Waals surface area contributed by atoms with Crippen molar-refractivity contribution in [2.75, 3.05) is 26.7 Å². The summed E-state index contributed by atoms with van der Waals surface area (Å²) in [5.41, 5.74) is 2.79. The fraction of sp³-hybridized carbons (Fsp3) is 0.632. The molecule has 1 saturated heterocycles. The molecule has 3 heteroatoms. The molecule has 22 heavy (non-hydrogen) atoms. The maximum atomic E-state index is 12.3. The van der Waals surface area contributed by atoms with Crippen LogP contribution >= 0.6 is 0 Å². The number of aryl methyl sites for hydroxylation is 1. The van der Waals surface area contributed by atoms with Crippen molar-refractivity contribution in [3.63, 3.8) is 0 Å². The van der Waals surface area contributed by atoms with E-state index in [2.05, 4.69) is 50.4 Å². The third-order valence-electron chi connectivity index (χ3n) is 4.58. The minimum Gasteiger partial charge on any atom is -0.342 e. The van der Waals surface area contributed by atoms with Crippen LogP contribution in [0, 0.1) is 5.92 Å². The zero-order valence-corrected chi connectivity index (χ0v) is 14.5. The molecule has 1 amide bonds. The van der Waals surface area contributed by atoms with Gasteiger partial charge >= 0.3 is 0 Å². The molecular weight excluding hydrogens is 272 g/mol. The van der Waals surface area contributed by atoms with E-state index in [1.165, 1.54) is 11.1 Å². The summed E-state index contributed by atoms with van der Waals surface area (Å²) < 4.78 is 0. The number of carbonyl (C=O) groups excluding carboxylic acids is 1. The summed E-state index contributed by atoms with van der Waals surface area (Å²) in [7, 11) is 1.98. The lowest BCUT2D eigenvalue weighted by Crippen LogP contribution is -2.30. The highest BCUT2D eigenvalue weighted by Gasteiger charge is 2.25. The van der Waals surface area contributed by atoms with Gasteiger partial charge in [0.2, 0.25) is 5.91 Å². The summed E-state index contributed by atoms with van der Waals surface area (Å²) in [5, 5.41) is 3.21. The zero-order valence-electron chi connectivity index (χ0n) is 14.5. The van der Waals surface area contributed by atoms with E-state index in [0.29, 0.717) is 18.2 Å². The fourth-order valence-electron chi connectivity index (χ4n) is 3.10. The molecule has 0 aromatic heterocycles. The molecule has 1 unspecified atom stereocenters. The molecule has 1 atom stereocenters. The molecule has 122 valence electrons. The van der Waals surface area contributed by atoms with Gasteiger partial charge in [0.1, 0.15) is 0 Å². The van der Waals surface area contributed by atoms with Crippen LogP contribution in [-0.2, 0) is 16.6 Å². The molecule has 1 aromatic carbocycles. The van der Waals surface area contributed by atoms with Gasteiger partial charge in [-0.1, -0.05) is 45.0 Å². The van der Waals surface area contributed by atoms with E-state index in [4.69, 9.17) is 0 Å². The highest BCUT2D eigenvalue weighted by atomic mass is 16.2. The van der Waals surface area contributed by atoms with Gasteiger partial charge in [-0.3, -0.25) is 4.79 Å². The van der Waals surface area contributed by atoms with Gasteiger partial charge in [-0.2, -0.15) is 0 Å². The van der Waals surface area contributed by atoms with Crippen LogP contribution in [-0.4, -0.2) is 37.5 Å². The van der Waals surface area contributed by atoms with Crippen molar-refractivity contribution >= 4 is 5.91 Å². The Labute approximate surface area is 135 Å². The van der Waals surface area contributed by atoms with Crippen molar-refractivity contribution in [1.29, 1.82) is 0 Å². The molecule has 1 fully saturated rings. The topological polar surface area (TPSA) is 32.3 Å². The van der Waals surface area contributed by atoms with Crippen molar-refractivity contribution in [2.45, 2.75) is 45.4 Å². The summed E-state index contributed by atoms with van der Waals surface area (Å²) in [5.74, 6) is 0.929. The number of nitrogens with one attached hydrogen (secondary N) is 1. The minimum absolute atomic E-state index is 0.187. The van der Waals surface area contributed by atoms with Crippen LogP contribution in [0.3, 0.4) is 0 Å². The normalized spacial score (nSPS) is 18.7. The van der Waals surface area contributed by atoms with E-state index < -0.39 is 0 Å². The van der Waals surface area contributed by atoms with Crippen LogP contribution in [0.5, 0.6) is 0 Å². The summed E-state index contributed by atoms with van der Waals surface area (Å²) in [6, 6.07) is 8.72. The molecule has 2 rings (SSSR count). The first-order chi connectivity index (χ1) is 10.4. The van der Waals surface area contributed by atoms with Crippen LogP contribution in [0.15, 0.2) is 24.3 Å². The minimum atomic E-state index is 0.187. The van der Waals surface area contributed by atoms with Gasteiger partial charge in [0.15, 0.2) is 0 Å². The van der Waals surface area contributed by atoms with Gasteiger partial charge in [0.25, 0.3) is 0 Å². The lowest BCUT2D eigenvalue weighted by molar-refractivity contribution is -0.130. The Bertz CT molecular complexity index is 487. The number of benzene rings is 1. The molecule has 0 bridgehead atoms. The molecule has 0 radical (unpaired) electrons. The summed E-state index contributed by atoms with van der Waals surface area (Å²) in [6.45, 7) is 9.52. The van der Waals surface area contributed by atoms with Gasteiger partial charge < -0.3 is 10.2 Å². The highest BCUT2D eigenvalue weighted by Crippen LogP contribution is 2.23. The lowest BCUT2D eigenvalue weighted by Gasteiger charge is -2.19. The van der Waals surface area contributed by atoms with Crippen molar-refractivity contribution in [2.24, 2.45) is 5.92 Å².